The predicted octanol–water partition coefficient (Wildman–Crippen LogP) is 3.79. The maximum absolute atomic E-state index is 5.90. The molecule has 0 aromatic heterocycles. The summed E-state index contributed by atoms with van der Waals surface area (Å²) in [6.07, 6.45) is 0.962. The number of rotatable bonds is 5. The first-order chi connectivity index (χ1) is 10.2. The third kappa shape index (κ3) is 3.49. The molecule has 2 aromatic rings. The summed E-state index contributed by atoms with van der Waals surface area (Å²) < 4.78 is 10.9. The van der Waals surface area contributed by atoms with E-state index in [0.717, 1.165) is 35.1 Å². The number of halogens is 1. The van der Waals surface area contributed by atoms with Gasteiger partial charge in [0.2, 0.25) is 6.79 Å². The molecule has 0 amide bonds. The highest BCUT2D eigenvalue weighted by atomic mass is 35.5. The average Bonchev–Trinajstić information content (AvgIpc) is 2.96. The van der Waals surface area contributed by atoms with Crippen molar-refractivity contribution in [3.8, 4) is 11.5 Å². The van der Waals surface area contributed by atoms with Crippen LogP contribution in [0.1, 0.15) is 18.1 Å². The first kappa shape index (κ1) is 14.2. The Morgan fingerprint density at radius 2 is 1.95 bits per heavy atom. The largest absolute Gasteiger partial charge is 0.454 e. The molecule has 0 bridgehead atoms. The molecule has 1 N–H and O–H groups in total. The van der Waals surface area contributed by atoms with Crippen LogP contribution in [0.25, 0.3) is 0 Å². The van der Waals surface area contributed by atoms with Gasteiger partial charge in [-0.2, -0.15) is 0 Å². The molecule has 0 spiro atoms. The van der Waals surface area contributed by atoms with Crippen LogP contribution in [0.3, 0.4) is 0 Å². The molecule has 1 unspecified atom stereocenters. The number of hydrogen-bond acceptors (Lipinski definition) is 3. The number of fused-ring (bicyclic) bond motifs is 1. The summed E-state index contributed by atoms with van der Waals surface area (Å²) in [5.74, 6) is 1.70. The molecule has 1 aliphatic heterocycles. The van der Waals surface area contributed by atoms with Crippen molar-refractivity contribution in [3.05, 3.63) is 58.6 Å². The zero-order chi connectivity index (χ0) is 14.7. The van der Waals surface area contributed by atoms with Gasteiger partial charge in [-0.25, -0.2) is 0 Å². The highest BCUT2D eigenvalue weighted by Gasteiger charge is 2.17. The molecule has 1 heterocycles. The summed E-state index contributed by atoms with van der Waals surface area (Å²) in [6.45, 7) is 3.25. The fourth-order valence-corrected chi connectivity index (χ4v) is 2.59. The van der Waals surface area contributed by atoms with E-state index >= 15 is 0 Å². The van der Waals surface area contributed by atoms with Crippen molar-refractivity contribution >= 4 is 11.6 Å². The second-order valence-corrected chi connectivity index (χ2v) is 5.70. The summed E-state index contributed by atoms with van der Waals surface area (Å²) in [5.41, 5.74) is 2.41. The van der Waals surface area contributed by atoms with Gasteiger partial charge in [0.1, 0.15) is 0 Å². The van der Waals surface area contributed by atoms with E-state index in [1.54, 1.807) is 0 Å². The average molecular weight is 304 g/mol. The Labute approximate surface area is 129 Å². The van der Waals surface area contributed by atoms with Crippen LogP contribution in [0.4, 0.5) is 0 Å². The van der Waals surface area contributed by atoms with E-state index in [0.29, 0.717) is 12.8 Å². The summed E-state index contributed by atoms with van der Waals surface area (Å²) >= 11 is 5.90. The smallest absolute Gasteiger partial charge is 0.231 e. The highest BCUT2D eigenvalue weighted by molar-refractivity contribution is 6.30. The van der Waals surface area contributed by atoms with Crippen molar-refractivity contribution in [3.63, 3.8) is 0 Å². The van der Waals surface area contributed by atoms with Crippen LogP contribution in [-0.4, -0.2) is 12.8 Å². The van der Waals surface area contributed by atoms with Crippen molar-refractivity contribution in [2.45, 2.75) is 25.9 Å². The van der Waals surface area contributed by atoms with E-state index in [-0.39, 0.29) is 0 Å². The molecule has 1 aliphatic rings. The second-order valence-electron chi connectivity index (χ2n) is 5.26. The van der Waals surface area contributed by atoms with Crippen LogP contribution in [0.15, 0.2) is 42.5 Å². The Hall–Kier alpha value is -1.71. The van der Waals surface area contributed by atoms with Gasteiger partial charge in [-0.05, 0) is 37.1 Å². The van der Waals surface area contributed by atoms with Gasteiger partial charge >= 0.3 is 0 Å². The molecule has 21 heavy (non-hydrogen) atoms. The van der Waals surface area contributed by atoms with Crippen molar-refractivity contribution in [2.24, 2.45) is 0 Å². The fourth-order valence-electron chi connectivity index (χ4n) is 2.46. The van der Waals surface area contributed by atoms with Crippen LogP contribution < -0.4 is 14.8 Å². The number of nitrogens with one attached hydrogen (secondary N) is 1. The van der Waals surface area contributed by atoms with E-state index in [1.807, 2.05) is 24.3 Å². The molecule has 0 fully saturated rings. The van der Waals surface area contributed by atoms with Gasteiger partial charge in [-0.15, -0.1) is 0 Å². The Kier molecular flexibility index (Phi) is 4.32. The van der Waals surface area contributed by atoms with E-state index in [9.17, 15) is 0 Å². The lowest BCUT2D eigenvalue weighted by Gasteiger charge is -2.15. The summed E-state index contributed by atoms with van der Waals surface area (Å²) in [7, 11) is 0. The lowest BCUT2D eigenvalue weighted by atomic mass is 10.1. The zero-order valence-electron chi connectivity index (χ0n) is 11.9. The van der Waals surface area contributed by atoms with Gasteiger partial charge in [0, 0.05) is 23.2 Å². The number of para-hydroxylation sites is 1. The van der Waals surface area contributed by atoms with Crippen molar-refractivity contribution < 1.29 is 9.47 Å². The minimum Gasteiger partial charge on any atom is -0.454 e. The normalized spacial score (nSPS) is 14.2. The molecular weight excluding hydrogens is 286 g/mol. The van der Waals surface area contributed by atoms with Crippen LogP contribution in [-0.2, 0) is 13.0 Å². The van der Waals surface area contributed by atoms with E-state index in [2.05, 4.69) is 30.4 Å². The van der Waals surface area contributed by atoms with Crippen molar-refractivity contribution in [1.29, 1.82) is 0 Å². The quantitative estimate of drug-likeness (QED) is 0.911. The maximum atomic E-state index is 5.90. The number of ether oxygens (including phenoxy) is 2. The first-order valence-corrected chi connectivity index (χ1v) is 7.45. The summed E-state index contributed by atoms with van der Waals surface area (Å²) in [4.78, 5) is 0. The van der Waals surface area contributed by atoms with E-state index in [4.69, 9.17) is 21.1 Å². The van der Waals surface area contributed by atoms with Crippen LogP contribution >= 0.6 is 11.6 Å². The van der Waals surface area contributed by atoms with Gasteiger partial charge in [0.25, 0.3) is 0 Å². The first-order valence-electron chi connectivity index (χ1n) is 7.07. The number of benzene rings is 2. The molecule has 3 rings (SSSR count). The molecule has 4 heteroatoms. The molecule has 110 valence electrons. The van der Waals surface area contributed by atoms with Crippen LogP contribution in [0.5, 0.6) is 11.5 Å². The Bertz CT molecular complexity index is 613. The molecule has 0 aliphatic carbocycles. The molecular formula is C17H18ClNO2. The van der Waals surface area contributed by atoms with Crippen LogP contribution in [0, 0.1) is 0 Å². The topological polar surface area (TPSA) is 30.5 Å². The van der Waals surface area contributed by atoms with Gasteiger partial charge in [0.15, 0.2) is 11.5 Å². The third-order valence-corrected chi connectivity index (χ3v) is 3.83. The zero-order valence-corrected chi connectivity index (χ0v) is 12.7. The summed E-state index contributed by atoms with van der Waals surface area (Å²) in [5, 5.41) is 4.30. The molecule has 1 atom stereocenters. The Morgan fingerprint density at radius 3 is 2.76 bits per heavy atom. The SMILES string of the molecule is CC(Cc1ccc(Cl)cc1)NCc1cccc2c1OCO2. The standard InChI is InChI=1S/C17H18ClNO2/c1-12(9-13-5-7-15(18)8-6-13)19-10-14-3-2-4-16-17(14)21-11-20-16/h2-8,12,19H,9-11H2,1H3. The second kappa shape index (κ2) is 6.37. The van der Waals surface area contributed by atoms with Gasteiger partial charge in [0.05, 0.1) is 0 Å². The van der Waals surface area contributed by atoms with Gasteiger partial charge in [-0.3, -0.25) is 0 Å². The van der Waals surface area contributed by atoms with Gasteiger partial charge in [-0.1, -0.05) is 35.9 Å². The summed E-state index contributed by atoms with van der Waals surface area (Å²) in [6, 6.07) is 14.4. The minimum absolute atomic E-state index is 0.312. The highest BCUT2D eigenvalue weighted by Crippen LogP contribution is 2.35. The maximum Gasteiger partial charge on any atom is 0.231 e. The predicted molar refractivity (Wildman–Crippen MR) is 84.0 cm³/mol. The molecule has 0 saturated carbocycles. The van der Waals surface area contributed by atoms with Crippen molar-refractivity contribution in [1.82, 2.24) is 5.32 Å². The lowest BCUT2D eigenvalue weighted by molar-refractivity contribution is 0.173. The monoisotopic (exact) mass is 303 g/mol. The minimum atomic E-state index is 0.312. The van der Waals surface area contributed by atoms with Gasteiger partial charge < -0.3 is 14.8 Å². The third-order valence-electron chi connectivity index (χ3n) is 3.57. The van der Waals surface area contributed by atoms with Crippen LogP contribution in [0.2, 0.25) is 5.02 Å². The fraction of sp³-hybridized carbons (Fsp3) is 0.294. The molecule has 3 nitrogen and oxygen atoms in total. The van der Waals surface area contributed by atoms with Crippen molar-refractivity contribution in [2.75, 3.05) is 6.79 Å². The Morgan fingerprint density at radius 1 is 1.14 bits per heavy atom. The lowest BCUT2D eigenvalue weighted by Crippen LogP contribution is -2.27. The Balaban J connectivity index is 1.58. The van der Waals surface area contributed by atoms with E-state index in [1.165, 1.54) is 5.56 Å². The molecule has 0 radical (unpaired) electrons. The number of hydrogen-bond donors (Lipinski definition) is 1. The molecule has 0 saturated heterocycles. The molecule has 2 aromatic carbocycles. The van der Waals surface area contributed by atoms with E-state index < -0.39 is 0 Å².